The summed E-state index contributed by atoms with van der Waals surface area (Å²) < 4.78 is 5.96. The molecule has 1 unspecified atom stereocenters. The fourth-order valence-electron chi connectivity index (χ4n) is 3.62. The third kappa shape index (κ3) is 6.81. The number of amides is 1. The number of carbonyl (C=O) groups excluding carboxylic acids is 1. The van der Waals surface area contributed by atoms with Gasteiger partial charge in [-0.25, -0.2) is 0 Å². The number of benzene rings is 3. The SMILES string of the molecule is CCCCc1ccc(CC2S/C(=N/N=C/c3ccccc3OCc3ccccc3)NC2=O)cc1. The molecule has 174 valence electrons. The zero-order chi connectivity index (χ0) is 23.6. The van der Waals surface area contributed by atoms with E-state index in [1.807, 2.05) is 54.6 Å². The van der Waals surface area contributed by atoms with E-state index >= 15 is 0 Å². The molecule has 6 heteroatoms. The summed E-state index contributed by atoms with van der Waals surface area (Å²) in [6, 6.07) is 26.3. The number of aryl methyl sites for hydroxylation is 1. The number of unbranched alkanes of at least 4 members (excludes halogenated alkanes) is 1. The van der Waals surface area contributed by atoms with Gasteiger partial charge in [-0.3, -0.25) is 4.79 Å². The van der Waals surface area contributed by atoms with Crippen LogP contribution in [0.2, 0.25) is 0 Å². The first kappa shape index (κ1) is 23.8. The predicted molar refractivity (Wildman–Crippen MR) is 141 cm³/mol. The van der Waals surface area contributed by atoms with Gasteiger partial charge in [0.05, 0.1) is 11.5 Å². The third-order valence-electron chi connectivity index (χ3n) is 5.54. The van der Waals surface area contributed by atoms with Crippen molar-refractivity contribution in [2.24, 2.45) is 10.2 Å². The maximum absolute atomic E-state index is 12.4. The van der Waals surface area contributed by atoms with Gasteiger partial charge in [-0.2, -0.15) is 5.10 Å². The van der Waals surface area contributed by atoms with Crippen LogP contribution in [-0.2, 0) is 24.2 Å². The topological polar surface area (TPSA) is 63.1 Å². The molecule has 1 N–H and O–H groups in total. The molecule has 1 heterocycles. The van der Waals surface area contributed by atoms with Crippen LogP contribution in [-0.4, -0.2) is 22.5 Å². The second kappa shape index (κ2) is 12.2. The molecule has 3 aromatic carbocycles. The van der Waals surface area contributed by atoms with Gasteiger partial charge in [-0.15, -0.1) is 5.10 Å². The maximum Gasteiger partial charge on any atom is 0.239 e. The molecule has 0 aliphatic carbocycles. The summed E-state index contributed by atoms with van der Waals surface area (Å²) in [5.74, 6) is 0.708. The fraction of sp³-hybridized carbons (Fsp3) is 0.250. The molecule has 4 rings (SSSR count). The van der Waals surface area contributed by atoms with Crippen molar-refractivity contribution in [1.82, 2.24) is 5.32 Å². The minimum atomic E-state index is -0.197. The second-order valence-corrected chi connectivity index (χ2v) is 9.37. The minimum Gasteiger partial charge on any atom is -0.488 e. The van der Waals surface area contributed by atoms with E-state index in [1.165, 1.54) is 30.2 Å². The highest BCUT2D eigenvalue weighted by molar-refractivity contribution is 8.15. The van der Waals surface area contributed by atoms with Crippen LogP contribution in [0.4, 0.5) is 0 Å². The molecule has 0 aromatic heterocycles. The third-order valence-corrected chi connectivity index (χ3v) is 6.61. The smallest absolute Gasteiger partial charge is 0.239 e. The first-order chi connectivity index (χ1) is 16.7. The van der Waals surface area contributed by atoms with E-state index in [0.29, 0.717) is 18.2 Å². The van der Waals surface area contributed by atoms with Gasteiger partial charge in [0.1, 0.15) is 12.4 Å². The van der Waals surface area contributed by atoms with Crippen molar-refractivity contribution in [3.63, 3.8) is 0 Å². The summed E-state index contributed by atoms with van der Waals surface area (Å²) in [5, 5.41) is 11.6. The van der Waals surface area contributed by atoms with Gasteiger partial charge < -0.3 is 10.1 Å². The predicted octanol–water partition coefficient (Wildman–Crippen LogP) is 5.77. The number of nitrogens with one attached hydrogen (secondary N) is 1. The van der Waals surface area contributed by atoms with Crippen molar-refractivity contribution in [2.45, 2.75) is 44.5 Å². The van der Waals surface area contributed by atoms with E-state index in [2.05, 4.69) is 46.7 Å². The lowest BCUT2D eigenvalue weighted by Crippen LogP contribution is -2.25. The second-order valence-electron chi connectivity index (χ2n) is 8.18. The van der Waals surface area contributed by atoms with Gasteiger partial charge in [-0.1, -0.05) is 91.8 Å². The molecule has 1 aliphatic heterocycles. The molecular weight excluding hydrogens is 442 g/mol. The van der Waals surface area contributed by atoms with E-state index in [1.54, 1.807) is 6.21 Å². The molecule has 34 heavy (non-hydrogen) atoms. The van der Waals surface area contributed by atoms with Crippen molar-refractivity contribution in [3.05, 3.63) is 101 Å². The standard InChI is InChI=1S/C28H29N3O2S/c1-2-3-9-21-14-16-22(17-15-21)18-26-27(32)30-28(34-26)31-29-19-24-12-7-8-13-25(24)33-20-23-10-5-4-6-11-23/h4-8,10-17,19,26H,2-3,9,18,20H2,1H3,(H,30,31,32)/b29-19+. The largest absolute Gasteiger partial charge is 0.488 e. The lowest BCUT2D eigenvalue weighted by atomic mass is 10.0. The minimum absolute atomic E-state index is 0.0272. The highest BCUT2D eigenvalue weighted by Crippen LogP contribution is 2.24. The van der Waals surface area contributed by atoms with Crippen LogP contribution < -0.4 is 10.1 Å². The van der Waals surface area contributed by atoms with Crippen LogP contribution in [0, 0.1) is 0 Å². The van der Waals surface area contributed by atoms with Crippen molar-refractivity contribution < 1.29 is 9.53 Å². The Hall–Kier alpha value is -3.38. The number of amidine groups is 1. The summed E-state index contributed by atoms with van der Waals surface area (Å²) >= 11 is 1.42. The van der Waals surface area contributed by atoms with Crippen molar-refractivity contribution in [2.75, 3.05) is 0 Å². The lowest BCUT2D eigenvalue weighted by molar-refractivity contribution is -0.118. The van der Waals surface area contributed by atoms with E-state index in [0.717, 1.165) is 28.9 Å². The van der Waals surface area contributed by atoms with Crippen molar-refractivity contribution in [1.29, 1.82) is 0 Å². The van der Waals surface area contributed by atoms with Crippen LogP contribution >= 0.6 is 11.8 Å². The Kier molecular flexibility index (Phi) is 8.52. The molecule has 0 spiro atoms. The Morgan fingerprint density at radius 2 is 1.68 bits per heavy atom. The molecule has 1 atom stereocenters. The molecule has 5 nitrogen and oxygen atoms in total. The number of para-hydroxylation sites is 1. The Bertz CT molecular complexity index is 1140. The molecular formula is C28H29N3O2S. The summed E-state index contributed by atoms with van der Waals surface area (Å²) in [6.07, 6.45) is 5.82. The number of hydrogen-bond donors (Lipinski definition) is 1. The number of carbonyl (C=O) groups is 1. The van der Waals surface area contributed by atoms with Crippen LogP contribution in [0.25, 0.3) is 0 Å². The summed E-state index contributed by atoms with van der Waals surface area (Å²) in [7, 11) is 0. The van der Waals surface area contributed by atoms with Crippen LogP contribution in [0.15, 0.2) is 89.1 Å². The van der Waals surface area contributed by atoms with Gasteiger partial charge in [0, 0.05) is 5.56 Å². The van der Waals surface area contributed by atoms with Crippen LogP contribution in [0.3, 0.4) is 0 Å². The quantitative estimate of drug-likeness (QED) is 0.301. The van der Waals surface area contributed by atoms with Gasteiger partial charge >= 0.3 is 0 Å². The maximum atomic E-state index is 12.4. The zero-order valence-corrected chi connectivity index (χ0v) is 20.1. The van der Waals surface area contributed by atoms with E-state index in [9.17, 15) is 4.79 Å². The van der Waals surface area contributed by atoms with Gasteiger partial charge in [0.2, 0.25) is 5.91 Å². The monoisotopic (exact) mass is 471 g/mol. The highest BCUT2D eigenvalue weighted by atomic mass is 32.2. The van der Waals surface area contributed by atoms with E-state index in [-0.39, 0.29) is 11.2 Å². The van der Waals surface area contributed by atoms with Crippen LogP contribution in [0.1, 0.15) is 42.0 Å². The van der Waals surface area contributed by atoms with Crippen molar-refractivity contribution >= 4 is 29.1 Å². The average molecular weight is 472 g/mol. The normalized spacial score (nSPS) is 16.8. The first-order valence-corrected chi connectivity index (χ1v) is 12.5. The molecule has 1 saturated heterocycles. The molecule has 1 amide bonds. The average Bonchev–Trinajstić information content (AvgIpc) is 3.22. The Labute approximate surface area is 205 Å². The highest BCUT2D eigenvalue weighted by Gasteiger charge is 2.30. The first-order valence-electron chi connectivity index (χ1n) is 11.6. The summed E-state index contributed by atoms with van der Waals surface area (Å²) in [4.78, 5) is 12.4. The molecule has 0 saturated carbocycles. The van der Waals surface area contributed by atoms with E-state index < -0.39 is 0 Å². The lowest BCUT2D eigenvalue weighted by Gasteiger charge is -2.08. The number of nitrogens with zero attached hydrogens (tertiary/aromatic N) is 2. The van der Waals surface area contributed by atoms with Gasteiger partial charge in [0.15, 0.2) is 5.17 Å². The van der Waals surface area contributed by atoms with Crippen LogP contribution in [0.5, 0.6) is 5.75 Å². The number of ether oxygens (including phenoxy) is 1. The van der Waals surface area contributed by atoms with Crippen molar-refractivity contribution in [3.8, 4) is 5.75 Å². The number of rotatable bonds is 10. The molecule has 1 aliphatic rings. The zero-order valence-electron chi connectivity index (χ0n) is 19.3. The Morgan fingerprint density at radius 3 is 2.47 bits per heavy atom. The number of hydrogen-bond acceptors (Lipinski definition) is 5. The molecule has 0 bridgehead atoms. The van der Waals surface area contributed by atoms with E-state index in [4.69, 9.17) is 4.74 Å². The molecule has 0 radical (unpaired) electrons. The molecule has 3 aromatic rings. The molecule has 1 fully saturated rings. The van der Waals surface area contributed by atoms with Gasteiger partial charge in [0.25, 0.3) is 0 Å². The number of thioether (sulfide) groups is 1. The Balaban J connectivity index is 1.34. The summed E-state index contributed by atoms with van der Waals surface area (Å²) in [5.41, 5.74) is 4.43. The fourth-order valence-corrected chi connectivity index (χ4v) is 4.59. The summed E-state index contributed by atoms with van der Waals surface area (Å²) in [6.45, 7) is 2.68. The Morgan fingerprint density at radius 1 is 0.941 bits per heavy atom. The van der Waals surface area contributed by atoms with Gasteiger partial charge in [-0.05, 0) is 48.1 Å².